The number of hydrogen-bond acceptors (Lipinski definition) is 0. The zero-order valence-electron chi connectivity index (χ0n) is 9.08. The molecule has 0 saturated heterocycles. The van der Waals surface area contributed by atoms with Crippen LogP contribution < -0.4 is 0 Å². The zero-order valence-corrected chi connectivity index (χ0v) is 11.4. The van der Waals surface area contributed by atoms with E-state index in [1.165, 1.54) is 22.3 Å². The minimum absolute atomic E-state index is 0.813. The molecule has 2 aliphatic carbocycles. The first-order valence-corrected chi connectivity index (χ1v) is 6.66. The third-order valence-electron chi connectivity index (χ3n) is 2.97. The van der Waals surface area contributed by atoms with Crippen LogP contribution in [0, 0.1) is 0 Å². The molecule has 2 heteroatoms. The number of benzene rings is 1. The third kappa shape index (κ3) is 2.05. The summed E-state index contributed by atoms with van der Waals surface area (Å²) < 4.78 is 1.12. The molecule has 0 heterocycles. The van der Waals surface area contributed by atoms with Gasteiger partial charge in [0.05, 0.1) is 0 Å². The highest BCUT2D eigenvalue weighted by atomic mass is 79.9. The van der Waals surface area contributed by atoms with E-state index in [0.717, 1.165) is 15.9 Å². The van der Waals surface area contributed by atoms with Crippen molar-refractivity contribution >= 4 is 39.7 Å². The summed E-state index contributed by atoms with van der Waals surface area (Å²) in [6.07, 6.45) is 9.38. The SMILES string of the molecule is ClC1=CC2=Cc3ccccc3C=C(Br)C2=CC1. The molecule has 0 nitrogen and oxygen atoms in total. The molecule has 0 bridgehead atoms. The molecule has 0 aliphatic heterocycles. The number of halogens is 2. The Kier molecular flexibility index (Phi) is 2.81. The fourth-order valence-corrected chi connectivity index (χ4v) is 2.97. The van der Waals surface area contributed by atoms with Crippen LogP contribution in [0.3, 0.4) is 0 Å². The van der Waals surface area contributed by atoms with Crippen molar-refractivity contribution in [2.24, 2.45) is 0 Å². The maximum Gasteiger partial charge on any atom is 0.0256 e. The highest BCUT2D eigenvalue weighted by Gasteiger charge is 2.15. The summed E-state index contributed by atoms with van der Waals surface area (Å²) in [5.74, 6) is 0. The largest absolute Gasteiger partial charge is 0.0888 e. The molecule has 1 aromatic carbocycles. The molecule has 0 atom stereocenters. The highest BCUT2D eigenvalue weighted by Crippen LogP contribution is 2.37. The second-order valence-electron chi connectivity index (χ2n) is 4.13. The van der Waals surface area contributed by atoms with Gasteiger partial charge in [-0.2, -0.15) is 0 Å². The van der Waals surface area contributed by atoms with Crippen LogP contribution in [0.1, 0.15) is 17.5 Å². The van der Waals surface area contributed by atoms with Crippen molar-refractivity contribution in [2.75, 3.05) is 0 Å². The Bertz CT molecular complexity index is 603. The summed E-state index contributed by atoms with van der Waals surface area (Å²) in [6.45, 7) is 0. The number of hydrogen-bond donors (Lipinski definition) is 0. The molecule has 0 spiro atoms. The monoisotopic (exact) mass is 304 g/mol. The molecule has 0 aromatic heterocycles. The molecule has 3 rings (SSSR count). The summed E-state index contributed by atoms with van der Waals surface area (Å²) in [6, 6.07) is 8.36. The van der Waals surface area contributed by atoms with E-state index in [1.807, 2.05) is 6.08 Å². The Morgan fingerprint density at radius 1 is 1.00 bits per heavy atom. The van der Waals surface area contributed by atoms with E-state index >= 15 is 0 Å². The van der Waals surface area contributed by atoms with Crippen molar-refractivity contribution in [1.29, 1.82) is 0 Å². The van der Waals surface area contributed by atoms with Gasteiger partial charge in [-0.3, -0.25) is 0 Å². The average Bonchev–Trinajstić information content (AvgIpc) is 2.44. The molecule has 0 fully saturated rings. The normalized spacial score (nSPS) is 18.0. The smallest absolute Gasteiger partial charge is 0.0256 e. The van der Waals surface area contributed by atoms with E-state index < -0.39 is 0 Å². The van der Waals surface area contributed by atoms with Gasteiger partial charge >= 0.3 is 0 Å². The molecule has 1 aromatic rings. The van der Waals surface area contributed by atoms with Crippen LogP contribution >= 0.6 is 27.5 Å². The van der Waals surface area contributed by atoms with E-state index in [1.54, 1.807) is 0 Å². The summed E-state index contributed by atoms with van der Waals surface area (Å²) in [7, 11) is 0. The summed E-state index contributed by atoms with van der Waals surface area (Å²) in [5, 5.41) is 0.889. The van der Waals surface area contributed by atoms with Crippen molar-refractivity contribution in [3.63, 3.8) is 0 Å². The summed E-state index contributed by atoms with van der Waals surface area (Å²) in [4.78, 5) is 0. The maximum atomic E-state index is 6.11. The number of fused-ring (bicyclic) bond motifs is 2. The Morgan fingerprint density at radius 2 is 1.71 bits per heavy atom. The van der Waals surface area contributed by atoms with Crippen LogP contribution in [0.4, 0.5) is 0 Å². The molecule has 0 saturated carbocycles. The molecular weight excluding hydrogens is 296 g/mol. The van der Waals surface area contributed by atoms with Crippen LogP contribution in [0.25, 0.3) is 12.2 Å². The van der Waals surface area contributed by atoms with Gasteiger partial charge in [0.1, 0.15) is 0 Å². The predicted molar refractivity (Wildman–Crippen MR) is 78.0 cm³/mol. The van der Waals surface area contributed by atoms with E-state index in [9.17, 15) is 0 Å². The summed E-state index contributed by atoms with van der Waals surface area (Å²) >= 11 is 9.75. The van der Waals surface area contributed by atoms with Gasteiger partial charge in [0.15, 0.2) is 0 Å². The fourth-order valence-electron chi connectivity index (χ4n) is 2.13. The van der Waals surface area contributed by atoms with Crippen molar-refractivity contribution in [1.82, 2.24) is 0 Å². The number of allylic oxidation sites excluding steroid dienone is 6. The van der Waals surface area contributed by atoms with Crippen LogP contribution in [-0.4, -0.2) is 0 Å². The Labute approximate surface area is 114 Å². The highest BCUT2D eigenvalue weighted by molar-refractivity contribution is 9.12. The van der Waals surface area contributed by atoms with Gasteiger partial charge in [-0.25, -0.2) is 0 Å². The van der Waals surface area contributed by atoms with Crippen molar-refractivity contribution in [3.05, 3.63) is 68.2 Å². The predicted octanol–water partition coefficient (Wildman–Crippen LogP) is 5.27. The fraction of sp³-hybridized carbons (Fsp3) is 0.0667. The lowest BCUT2D eigenvalue weighted by molar-refractivity contribution is 1.27. The van der Waals surface area contributed by atoms with Crippen LogP contribution in [-0.2, 0) is 0 Å². The molecule has 0 radical (unpaired) electrons. The van der Waals surface area contributed by atoms with Gasteiger partial charge in [-0.05, 0) is 40.5 Å². The second-order valence-corrected chi connectivity index (χ2v) is 5.47. The van der Waals surface area contributed by atoms with E-state index in [4.69, 9.17) is 11.6 Å². The maximum absolute atomic E-state index is 6.11. The van der Waals surface area contributed by atoms with Gasteiger partial charge in [-0.15, -0.1) is 0 Å². The minimum Gasteiger partial charge on any atom is -0.0888 e. The number of rotatable bonds is 0. The Balaban J connectivity index is 2.25. The minimum atomic E-state index is 0.813. The summed E-state index contributed by atoms with van der Waals surface area (Å²) in [5.41, 5.74) is 4.86. The zero-order chi connectivity index (χ0) is 11.8. The van der Waals surface area contributed by atoms with Crippen molar-refractivity contribution in [2.45, 2.75) is 6.42 Å². The standard InChI is InChI=1S/C15H10BrCl/c16-15-9-11-4-2-1-3-10(11)7-12-8-13(17)5-6-14(12)15/h1-4,6-9H,5H2. The van der Waals surface area contributed by atoms with Gasteiger partial charge in [-0.1, -0.05) is 57.9 Å². The first-order chi connectivity index (χ1) is 8.24. The molecule has 2 aliphatic rings. The lowest BCUT2D eigenvalue weighted by Crippen LogP contribution is -1.92. The van der Waals surface area contributed by atoms with E-state index in [0.29, 0.717) is 0 Å². The lowest BCUT2D eigenvalue weighted by atomic mass is 9.98. The third-order valence-corrected chi connectivity index (χ3v) is 3.89. The Morgan fingerprint density at radius 3 is 2.47 bits per heavy atom. The van der Waals surface area contributed by atoms with Gasteiger partial charge in [0, 0.05) is 15.9 Å². The van der Waals surface area contributed by atoms with Crippen molar-refractivity contribution < 1.29 is 0 Å². The van der Waals surface area contributed by atoms with Crippen LogP contribution in [0.15, 0.2) is 57.1 Å². The van der Waals surface area contributed by atoms with Gasteiger partial charge in [0.25, 0.3) is 0 Å². The van der Waals surface area contributed by atoms with Crippen molar-refractivity contribution in [3.8, 4) is 0 Å². The molecule has 17 heavy (non-hydrogen) atoms. The van der Waals surface area contributed by atoms with Crippen LogP contribution in [0.2, 0.25) is 0 Å². The Hall–Kier alpha value is -1.05. The van der Waals surface area contributed by atoms with E-state index in [2.05, 4.69) is 58.4 Å². The molecule has 0 amide bonds. The van der Waals surface area contributed by atoms with Gasteiger partial charge < -0.3 is 0 Å². The second kappa shape index (κ2) is 4.32. The lowest BCUT2D eigenvalue weighted by Gasteiger charge is -2.12. The van der Waals surface area contributed by atoms with Gasteiger partial charge in [0.2, 0.25) is 0 Å². The topological polar surface area (TPSA) is 0 Å². The first kappa shape index (κ1) is 11.1. The average molecular weight is 306 g/mol. The molecule has 0 N–H and O–H groups in total. The van der Waals surface area contributed by atoms with Crippen LogP contribution in [0.5, 0.6) is 0 Å². The quantitative estimate of drug-likeness (QED) is 0.612. The molecular formula is C15H10BrCl. The molecule has 0 unspecified atom stereocenters. The first-order valence-electron chi connectivity index (χ1n) is 5.49. The van der Waals surface area contributed by atoms with E-state index in [-0.39, 0.29) is 0 Å². The molecule has 84 valence electrons.